The Hall–Kier alpha value is -2.62. The summed E-state index contributed by atoms with van der Waals surface area (Å²) in [5.41, 5.74) is 1.65. The van der Waals surface area contributed by atoms with Gasteiger partial charge in [-0.3, -0.25) is 4.90 Å². The van der Waals surface area contributed by atoms with Crippen LogP contribution in [0.4, 0.5) is 16.2 Å². The Labute approximate surface area is 166 Å². The third-order valence-electron chi connectivity index (χ3n) is 4.35. The fourth-order valence-electron chi connectivity index (χ4n) is 3.19. The number of hydrogen-bond donors (Lipinski definition) is 1. The molecule has 0 bridgehead atoms. The summed E-state index contributed by atoms with van der Waals surface area (Å²) < 4.78 is 0. The number of allylic oxidation sites excluding steroid dienone is 2. The number of para-hydroxylation sites is 1. The predicted octanol–water partition coefficient (Wildman–Crippen LogP) is 5.31. The minimum absolute atomic E-state index is 0.0222. The van der Waals surface area contributed by atoms with E-state index in [1.54, 1.807) is 11.8 Å². The van der Waals surface area contributed by atoms with Crippen LogP contribution in [0.1, 0.15) is 0 Å². The molecule has 1 aliphatic heterocycles. The van der Waals surface area contributed by atoms with Crippen LogP contribution in [0.5, 0.6) is 0 Å². The molecule has 0 fully saturated rings. The second-order valence-corrected chi connectivity index (χ2v) is 8.35. The summed E-state index contributed by atoms with van der Waals surface area (Å²) in [5, 5.41) is 12.0. The number of urea groups is 1. The number of nitrogens with zero attached hydrogens (tertiary/aromatic N) is 2. The molecule has 27 heavy (non-hydrogen) atoms. The lowest BCUT2D eigenvalue weighted by Crippen LogP contribution is -2.49. The van der Waals surface area contributed by atoms with Gasteiger partial charge < -0.3 is 5.32 Å². The highest BCUT2D eigenvalue weighted by molar-refractivity contribution is 8.00. The number of anilines is 2. The van der Waals surface area contributed by atoms with Crippen molar-refractivity contribution in [2.45, 2.75) is 21.1 Å². The monoisotopic (exact) mass is 391 g/mol. The number of nitrogens with one attached hydrogen (secondary N) is 1. The van der Waals surface area contributed by atoms with Gasteiger partial charge in [-0.05, 0) is 30.3 Å². The first-order chi connectivity index (χ1) is 13.3. The van der Waals surface area contributed by atoms with Gasteiger partial charge in [0.25, 0.3) is 0 Å². The quantitative estimate of drug-likeness (QED) is 0.721. The predicted molar refractivity (Wildman–Crippen MR) is 112 cm³/mol. The molecule has 2 aromatic rings. The smallest absolute Gasteiger partial charge is 0.307 e. The lowest BCUT2D eigenvalue weighted by molar-refractivity contribution is 0.255. The van der Waals surface area contributed by atoms with Crippen molar-refractivity contribution in [3.63, 3.8) is 0 Å². The first kappa shape index (κ1) is 17.8. The van der Waals surface area contributed by atoms with Crippen molar-refractivity contribution in [2.75, 3.05) is 16.0 Å². The van der Waals surface area contributed by atoms with Crippen molar-refractivity contribution in [3.8, 4) is 6.07 Å². The summed E-state index contributed by atoms with van der Waals surface area (Å²) >= 11 is 3.24. The van der Waals surface area contributed by atoms with Crippen molar-refractivity contribution in [2.24, 2.45) is 0 Å². The van der Waals surface area contributed by atoms with Gasteiger partial charge in [-0.25, -0.2) is 4.79 Å². The van der Waals surface area contributed by atoms with E-state index < -0.39 is 0 Å². The average molecular weight is 392 g/mol. The molecule has 2 unspecified atom stereocenters. The molecule has 2 atom stereocenters. The van der Waals surface area contributed by atoms with E-state index in [0.29, 0.717) is 5.75 Å². The number of rotatable bonds is 3. The molecule has 6 heteroatoms. The molecule has 1 N–H and O–H groups in total. The van der Waals surface area contributed by atoms with Crippen molar-refractivity contribution >= 4 is 40.9 Å². The van der Waals surface area contributed by atoms with Gasteiger partial charge in [0.05, 0.1) is 28.8 Å². The van der Waals surface area contributed by atoms with Crippen LogP contribution in [0.25, 0.3) is 0 Å². The van der Waals surface area contributed by atoms with E-state index >= 15 is 0 Å². The molecule has 0 aromatic heterocycles. The Morgan fingerprint density at radius 3 is 2.93 bits per heavy atom. The van der Waals surface area contributed by atoms with Gasteiger partial charge in [0.1, 0.15) is 0 Å². The van der Waals surface area contributed by atoms with E-state index in [2.05, 4.69) is 29.6 Å². The van der Waals surface area contributed by atoms with Crippen LogP contribution in [0.15, 0.2) is 82.6 Å². The number of carbonyl (C=O) groups excluding carboxylic acids is 1. The summed E-state index contributed by atoms with van der Waals surface area (Å²) in [6.07, 6.45) is 8.25. The topological polar surface area (TPSA) is 56.1 Å². The van der Waals surface area contributed by atoms with Crippen LogP contribution in [0.3, 0.4) is 0 Å². The van der Waals surface area contributed by atoms with Crippen LogP contribution in [-0.2, 0) is 0 Å². The first-order valence-corrected chi connectivity index (χ1v) is 10.4. The minimum atomic E-state index is -0.153. The summed E-state index contributed by atoms with van der Waals surface area (Å²) in [5.74, 6) is 0.384. The van der Waals surface area contributed by atoms with Crippen LogP contribution in [-0.4, -0.2) is 23.1 Å². The highest BCUT2D eigenvalue weighted by Crippen LogP contribution is 2.43. The molecule has 2 aromatic carbocycles. The zero-order valence-electron chi connectivity index (χ0n) is 14.4. The molecule has 0 saturated heterocycles. The van der Waals surface area contributed by atoms with Crippen LogP contribution >= 0.6 is 23.5 Å². The largest absolute Gasteiger partial charge is 0.326 e. The number of benzene rings is 2. The Morgan fingerprint density at radius 1 is 1.19 bits per heavy atom. The van der Waals surface area contributed by atoms with Gasteiger partial charge in [-0.1, -0.05) is 42.5 Å². The summed E-state index contributed by atoms with van der Waals surface area (Å²) in [6, 6.07) is 17.6. The summed E-state index contributed by atoms with van der Waals surface area (Å²) in [7, 11) is 0. The Morgan fingerprint density at radius 2 is 2.04 bits per heavy atom. The van der Waals surface area contributed by atoms with Gasteiger partial charge >= 0.3 is 6.03 Å². The Bertz CT molecular complexity index is 964. The van der Waals surface area contributed by atoms with Gasteiger partial charge in [0.15, 0.2) is 0 Å². The highest BCUT2D eigenvalue weighted by Gasteiger charge is 2.36. The molecule has 134 valence electrons. The molecule has 1 aliphatic carbocycles. The van der Waals surface area contributed by atoms with Crippen LogP contribution in [0.2, 0.25) is 0 Å². The third-order valence-corrected chi connectivity index (χ3v) is 6.52. The molecule has 2 aliphatic rings. The number of amides is 2. The third kappa shape index (κ3) is 3.75. The molecule has 0 saturated carbocycles. The fraction of sp³-hybridized carbons (Fsp3) is 0.143. The maximum Gasteiger partial charge on any atom is 0.326 e. The van der Waals surface area contributed by atoms with Crippen molar-refractivity contribution in [1.29, 1.82) is 5.26 Å². The number of carbonyl (C=O) groups is 1. The van der Waals surface area contributed by atoms with Crippen molar-refractivity contribution in [1.82, 2.24) is 0 Å². The minimum Gasteiger partial charge on any atom is -0.307 e. The molecule has 0 spiro atoms. The maximum absolute atomic E-state index is 13.2. The van der Waals surface area contributed by atoms with Gasteiger partial charge in [0, 0.05) is 15.5 Å². The van der Waals surface area contributed by atoms with E-state index in [1.807, 2.05) is 59.5 Å². The lowest BCUT2D eigenvalue weighted by atomic mass is 10.1. The second kappa shape index (κ2) is 7.95. The molecule has 4 rings (SSSR count). The molecular weight excluding hydrogens is 374 g/mol. The van der Waals surface area contributed by atoms with E-state index in [0.717, 1.165) is 21.2 Å². The highest BCUT2D eigenvalue weighted by atomic mass is 32.2. The standard InChI is InChI=1S/C21H17N3OS2/c22-12-13-26-16-7-5-6-15(14-16)23-21(25)24-17-8-1-3-10-19(17)27-20-11-4-2-9-18(20)24/h1-11,14,17,19H,13H2,(H,23,25). The summed E-state index contributed by atoms with van der Waals surface area (Å²) in [6.45, 7) is 0. The van der Waals surface area contributed by atoms with E-state index in [9.17, 15) is 4.79 Å². The summed E-state index contributed by atoms with van der Waals surface area (Å²) in [4.78, 5) is 17.1. The molecule has 0 radical (unpaired) electrons. The average Bonchev–Trinajstić information content (AvgIpc) is 2.70. The number of hydrogen-bond acceptors (Lipinski definition) is 4. The van der Waals surface area contributed by atoms with Crippen LogP contribution in [0, 0.1) is 11.3 Å². The molecule has 4 nitrogen and oxygen atoms in total. The Kier molecular flexibility index (Phi) is 5.23. The number of nitriles is 1. The van der Waals surface area contributed by atoms with Crippen molar-refractivity contribution in [3.05, 3.63) is 72.8 Å². The normalized spacial score (nSPS) is 19.7. The fourth-order valence-corrected chi connectivity index (χ4v) is 5.06. The number of thioether (sulfide) groups is 2. The molecule has 2 amide bonds. The zero-order chi connectivity index (χ0) is 18.6. The lowest BCUT2D eigenvalue weighted by Gasteiger charge is -2.40. The first-order valence-electron chi connectivity index (χ1n) is 8.57. The van der Waals surface area contributed by atoms with Gasteiger partial charge in [-0.15, -0.1) is 23.5 Å². The van der Waals surface area contributed by atoms with E-state index in [-0.39, 0.29) is 17.3 Å². The maximum atomic E-state index is 13.2. The second-order valence-electron chi connectivity index (χ2n) is 6.09. The number of fused-ring (bicyclic) bond motifs is 2. The molecular formula is C21H17N3OS2. The van der Waals surface area contributed by atoms with Gasteiger partial charge in [0.2, 0.25) is 0 Å². The van der Waals surface area contributed by atoms with Crippen molar-refractivity contribution < 1.29 is 4.79 Å². The van der Waals surface area contributed by atoms with E-state index in [4.69, 9.17) is 5.26 Å². The van der Waals surface area contributed by atoms with Crippen LogP contribution < -0.4 is 10.2 Å². The van der Waals surface area contributed by atoms with E-state index in [1.165, 1.54) is 11.8 Å². The molecule has 1 heterocycles. The SMILES string of the molecule is N#CCSc1cccc(NC(=O)N2c3ccccc3SC3C=CC=CC32)c1. The Balaban J connectivity index is 1.61. The zero-order valence-corrected chi connectivity index (χ0v) is 16.0. The van der Waals surface area contributed by atoms with Gasteiger partial charge in [-0.2, -0.15) is 5.26 Å².